The number of nitrogens with one attached hydrogen (secondary N) is 1. The van der Waals surface area contributed by atoms with E-state index in [2.05, 4.69) is 10.4 Å². The highest BCUT2D eigenvalue weighted by molar-refractivity contribution is 5.68. The van der Waals surface area contributed by atoms with Crippen LogP contribution in [0.2, 0.25) is 0 Å². The smallest absolute Gasteiger partial charge is 0.410 e. The van der Waals surface area contributed by atoms with Gasteiger partial charge in [-0.1, -0.05) is 0 Å². The van der Waals surface area contributed by atoms with E-state index in [9.17, 15) is 4.79 Å². The first-order valence-electron chi connectivity index (χ1n) is 8.04. The molecule has 0 saturated carbocycles. The van der Waals surface area contributed by atoms with Crippen molar-refractivity contribution >= 4 is 6.09 Å². The Hall–Kier alpha value is -1.56. The molecule has 2 rings (SSSR count). The van der Waals surface area contributed by atoms with Crippen molar-refractivity contribution in [3.8, 4) is 0 Å². The Kier molecular flexibility index (Phi) is 5.45. The maximum atomic E-state index is 12.1. The Morgan fingerprint density at radius 2 is 2.27 bits per heavy atom. The molecule has 0 aliphatic carbocycles. The molecule has 1 aliphatic heterocycles. The Bertz CT molecular complexity index is 493. The summed E-state index contributed by atoms with van der Waals surface area (Å²) in [6, 6.07) is 0.331. The fraction of sp³-hybridized carbons (Fsp3) is 0.750. The lowest BCUT2D eigenvalue weighted by Crippen LogP contribution is -2.49. The number of amides is 1. The molecule has 0 aromatic carbocycles. The molecule has 6 nitrogen and oxygen atoms in total. The number of likely N-dealkylation sites (tertiary alicyclic amines) is 1. The van der Waals surface area contributed by atoms with E-state index in [1.807, 2.05) is 49.7 Å². The van der Waals surface area contributed by atoms with Crippen LogP contribution in [0, 0.1) is 6.92 Å². The topological polar surface area (TPSA) is 59.4 Å². The minimum Gasteiger partial charge on any atom is -0.444 e. The first-order valence-corrected chi connectivity index (χ1v) is 8.04. The zero-order valence-electron chi connectivity index (χ0n) is 14.1. The second kappa shape index (κ2) is 7.13. The number of piperidine rings is 1. The van der Waals surface area contributed by atoms with E-state index in [-0.39, 0.29) is 6.09 Å². The van der Waals surface area contributed by atoms with E-state index in [0.717, 1.165) is 32.5 Å². The quantitative estimate of drug-likeness (QED) is 0.926. The summed E-state index contributed by atoms with van der Waals surface area (Å²) in [5, 5.41) is 7.79. The molecule has 1 amide bonds. The normalized spacial score (nSPS) is 19.3. The van der Waals surface area contributed by atoms with Gasteiger partial charge in [0.05, 0.1) is 12.7 Å². The Balaban J connectivity index is 1.74. The summed E-state index contributed by atoms with van der Waals surface area (Å²) in [6.07, 6.45) is 5.80. The number of hydrogen-bond acceptors (Lipinski definition) is 4. The van der Waals surface area contributed by atoms with Crippen LogP contribution in [-0.2, 0) is 11.3 Å². The minimum absolute atomic E-state index is 0.207. The maximum absolute atomic E-state index is 12.1. The van der Waals surface area contributed by atoms with E-state index in [0.29, 0.717) is 12.6 Å². The lowest BCUT2D eigenvalue weighted by atomic mass is 10.1. The molecule has 1 fully saturated rings. The van der Waals surface area contributed by atoms with Gasteiger partial charge in [-0.25, -0.2) is 4.79 Å². The Labute approximate surface area is 132 Å². The van der Waals surface area contributed by atoms with Crippen LogP contribution < -0.4 is 5.32 Å². The fourth-order valence-corrected chi connectivity index (χ4v) is 2.61. The molecule has 124 valence electrons. The molecule has 0 spiro atoms. The molecule has 2 heterocycles. The van der Waals surface area contributed by atoms with Crippen LogP contribution in [0.15, 0.2) is 12.4 Å². The molecule has 1 unspecified atom stereocenters. The number of aryl methyl sites for hydroxylation is 1. The van der Waals surface area contributed by atoms with Crippen molar-refractivity contribution in [1.29, 1.82) is 0 Å². The first-order chi connectivity index (χ1) is 10.3. The molecule has 1 saturated heterocycles. The number of nitrogens with zero attached hydrogens (tertiary/aromatic N) is 3. The third kappa shape index (κ3) is 5.33. The lowest BCUT2D eigenvalue weighted by molar-refractivity contribution is 0.0187. The summed E-state index contributed by atoms with van der Waals surface area (Å²) >= 11 is 0. The maximum Gasteiger partial charge on any atom is 0.410 e. The van der Waals surface area contributed by atoms with Gasteiger partial charge in [0.15, 0.2) is 0 Å². The number of aromatic nitrogens is 2. The van der Waals surface area contributed by atoms with Gasteiger partial charge in [-0.05, 0) is 46.1 Å². The highest BCUT2D eigenvalue weighted by atomic mass is 16.6. The number of carbonyl (C=O) groups excluding carboxylic acids is 1. The average Bonchev–Trinajstić information content (AvgIpc) is 2.83. The third-order valence-corrected chi connectivity index (χ3v) is 3.61. The highest BCUT2D eigenvalue weighted by Gasteiger charge is 2.27. The van der Waals surface area contributed by atoms with E-state index >= 15 is 0 Å². The SMILES string of the molecule is Cc1cnn(CCNC2CCCN(C(=O)OC(C)(C)C)C2)c1. The Morgan fingerprint density at radius 3 is 2.91 bits per heavy atom. The third-order valence-electron chi connectivity index (χ3n) is 3.61. The molecule has 1 aliphatic rings. The van der Waals surface area contributed by atoms with Crippen molar-refractivity contribution < 1.29 is 9.53 Å². The molecular weight excluding hydrogens is 280 g/mol. The number of hydrogen-bond donors (Lipinski definition) is 1. The molecule has 22 heavy (non-hydrogen) atoms. The van der Waals surface area contributed by atoms with E-state index in [1.165, 1.54) is 5.56 Å². The van der Waals surface area contributed by atoms with Gasteiger partial charge >= 0.3 is 6.09 Å². The predicted molar refractivity (Wildman–Crippen MR) is 85.8 cm³/mol. The van der Waals surface area contributed by atoms with Gasteiger partial charge in [0.2, 0.25) is 0 Å². The van der Waals surface area contributed by atoms with Crippen molar-refractivity contribution in [3.63, 3.8) is 0 Å². The molecular formula is C16H28N4O2. The zero-order valence-corrected chi connectivity index (χ0v) is 14.1. The molecule has 0 bridgehead atoms. The molecule has 0 radical (unpaired) electrons. The average molecular weight is 308 g/mol. The van der Waals surface area contributed by atoms with Crippen LogP contribution in [0.25, 0.3) is 0 Å². The van der Waals surface area contributed by atoms with Crippen LogP contribution >= 0.6 is 0 Å². The van der Waals surface area contributed by atoms with Crippen LogP contribution in [-0.4, -0.2) is 52.1 Å². The van der Waals surface area contributed by atoms with Crippen LogP contribution in [0.5, 0.6) is 0 Å². The monoisotopic (exact) mass is 308 g/mol. The minimum atomic E-state index is -0.435. The van der Waals surface area contributed by atoms with Crippen molar-refractivity contribution in [3.05, 3.63) is 18.0 Å². The van der Waals surface area contributed by atoms with Crippen molar-refractivity contribution in [2.24, 2.45) is 0 Å². The van der Waals surface area contributed by atoms with Crippen molar-refractivity contribution in [1.82, 2.24) is 20.0 Å². The second-order valence-corrected chi connectivity index (χ2v) is 7.00. The van der Waals surface area contributed by atoms with E-state index < -0.39 is 5.60 Å². The largest absolute Gasteiger partial charge is 0.444 e. The molecule has 1 aromatic heterocycles. The highest BCUT2D eigenvalue weighted by Crippen LogP contribution is 2.15. The van der Waals surface area contributed by atoms with Gasteiger partial charge < -0.3 is 15.0 Å². The molecule has 6 heteroatoms. The summed E-state index contributed by atoms with van der Waals surface area (Å²) in [6.45, 7) is 10.9. The summed E-state index contributed by atoms with van der Waals surface area (Å²) in [7, 11) is 0. The predicted octanol–water partition coefficient (Wildman–Crippen LogP) is 2.18. The zero-order chi connectivity index (χ0) is 16.2. The van der Waals surface area contributed by atoms with Gasteiger partial charge in [0, 0.05) is 31.9 Å². The Morgan fingerprint density at radius 1 is 1.50 bits per heavy atom. The summed E-state index contributed by atoms with van der Waals surface area (Å²) in [4.78, 5) is 13.9. The summed E-state index contributed by atoms with van der Waals surface area (Å²) in [5.41, 5.74) is 0.740. The van der Waals surface area contributed by atoms with Crippen LogP contribution in [0.1, 0.15) is 39.2 Å². The number of rotatable bonds is 4. The number of carbonyl (C=O) groups is 1. The van der Waals surface area contributed by atoms with E-state index in [4.69, 9.17) is 4.74 Å². The van der Waals surface area contributed by atoms with Gasteiger partial charge in [-0.2, -0.15) is 5.10 Å². The summed E-state index contributed by atoms with van der Waals surface area (Å²) < 4.78 is 7.39. The van der Waals surface area contributed by atoms with Gasteiger partial charge in [0.25, 0.3) is 0 Å². The van der Waals surface area contributed by atoms with E-state index in [1.54, 1.807) is 0 Å². The molecule has 1 atom stereocenters. The van der Waals surface area contributed by atoms with Crippen molar-refractivity contribution in [2.45, 2.75) is 58.7 Å². The van der Waals surface area contributed by atoms with Crippen molar-refractivity contribution in [2.75, 3.05) is 19.6 Å². The van der Waals surface area contributed by atoms with Crippen LogP contribution in [0.4, 0.5) is 4.79 Å². The van der Waals surface area contributed by atoms with Gasteiger partial charge in [-0.15, -0.1) is 0 Å². The lowest BCUT2D eigenvalue weighted by Gasteiger charge is -2.34. The first kappa shape index (κ1) is 16.8. The summed E-state index contributed by atoms with van der Waals surface area (Å²) in [5.74, 6) is 0. The fourth-order valence-electron chi connectivity index (χ4n) is 2.61. The number of ether oxygens (including phenoxy) is 1. The van der Waals surface area contributed by atoms with Gasteiger partial charge in [-0.3, -0.25) is 4.68 Å². The van der Waals surface area contributed by atoms with Gasteiger partial charge in [0.1, 0.15) is 5.60 Å². The van der Waals surface area contributed by atoms with Crippen LogP contribution in [0.3, 0.4) is 0 Å². The molecule has 1 N–H and O–H groups in total. The second-order valence-electron chi connectivity index (χ2n) is 7.00. The molecule has 1 aromatic rings. The standard InChI is InChI=1S/C16H28N4O2/c1-13-10-18-20(11-13)9-7-17-14-6-5-8-19(12-14)15(21)22-16(2,3)4/h10-11,14,17H,5-9,12H2,1-4H3.